The van der Waals surface area contributed by atoms with Gasteiger partial charge in [-0.25, -0.2) is 4.79 Å². The highest BCUT2D eigenvalue weighted by molar-refractivity contribution is 5.92. The second-order valence-corrected chi connectivity index (χ2v) is 8.37. The quantitative estimate of drug-likeness (QED) is 0.376. The van der Waals surface area contributed by atoms with Crippen molar-refractivity contribution in [1.29, 1.82) is 0 Å². The van der Waals surface area contributed by atoms with Crippen molar-refractivity contribution >= 4 is 5.97 Å². The second kappa shape index (κ2) is 11.1. The van der Waals surface area contributed by atoms with E-state index in [1.54, 1.807) is 6.08 Å². The number of rotatable bonds is 10. The molecule has 0 radical (unpaired) electrons. The Kier molecular flexibility index (Phi) is 8.21. The van der Waals surface area contributed by atoms with Gasteiger partial charge in [0.15, 0.2) is 0 Å². The number of allylic oxidation sites excluding steroid dienone is 1. The van der Waals surface area contributed by atoms with E-state index in [4.69, 9.17) is 14.2 Å². The van der Waals surface area contributed by atoms with Gasteiger partial charge in [0.2, 0.25) is 0 Å². The highest BCUT2D eigenvalue weighted by atomic mass is 16.5. The molecule has 4 nitrogen and oxygen atoms in total. The van der Waals surface area contributed by atoms with Crippen LogP contribution < -0.4 is 0 Å². The summed E-state index contributed by atoms with van der Waals surface area (Å²) in [6.07, 6.45) is 3.23. The smallest absolute Gasteiger partial charge is 0.337 e. The van der Waals surface area contributed by atoms with Crippen molar-refractivity contribution in [1.82, 2.24) is 0 Å². The molecule has 0 amide bonds. The van der Waals surface area contributed by atoms with E-state index in [0.29, 0.717) is 32.0 Å². The van der Waals surface area contributed by atoms with Crippen molar-refractivity contribution < 1.29 is 19.0 Å². The van der Waals surface area contributed by atoms with Crippen molar-refractivity contribution in [3.8, 4) is 0 Å². The fourth-order valence-electron chi connectivity index (χ4n) is 4.42. The molecule has 0 bridgehead atoms. The molecular weight excluding hydrogens is 388 g/mol. The zero-order valence-electron chi connectivity index (χ0n) is 18.5. The Morgan fingerprint density at radius 1 is 1.00 bits per heavy atom. The van der Waals surface area contributed by atoms with E-state index in [9.17, 15) is 4.79 Å². The van der Waals surface area contributed by atoms with Crippen LogP contribution in [0.5, 0.6) is 0 Å². The van der Waals surface area contributed by atoms with Crippen LogP contribution in [-0.4, -0.2) is 26.3 Å². The van der Waals surface area contributed by atoms with E-state index in [2.05, 4.69) is 37.8 Å². The van der Waals surface area contributed by atoms with Crippen LogP contribution in [0.2, 0.25) is 0 Å². The molecule has 1 aliphatic rings. The normalized spacial score (nSPS) is 19.1. The first-order valence-electron chi connectivity index (χ1n) is 10.7. The van der Waals surface area contributed by atoms with Crippen LogP contribution in [0.3, 0.4) is 0 Å². The Balaban J connectivity index is 1.74. The van der Waals surface area contributed by atoms with Gasteiger partial charge in [-0.2, -0.15) is 0 Å². The molecule has 1 saturated carbocycles. The van der Waals surface area contributed by atoms with Crippen molar-refractivity contribution in [3.05, 3.63) is 95.6 Å². The third kappa shape index (κ3) is 6.16. The average molecular weight is 421 g/mol. The predicted octanol–water partition coefficient (Wildman–Crippen LogP) is 5.49. The topological polar surface area (TPSA) is 44.8 Å². The summed E-state index contributed by atoms with van der Waals surface area (Å²) in [4.78, 5) is 12.3. The van der Waals surface area contributed by atoms with Gasteiger partial charge in [-0.05, 0) is 29.9 Å². The van der Waals surface area contributed by atoms with E-state index in [-0.39, 0.29) is 17.3 Å². The number of carbonyl (C=O) groups is 1. The van der Waals surface area contributed by atoms with Crippen molar-refractivity contribution in [2.75, 3.05) is 20.3 Å². The van der Waals surface area contributed by atoms with Crippen molar-refractivity contribution in [3.63, 3.8) is 0 Å². The zero-order chi connectivity index (χ0) is 22.1. The number of ether oxygens (including phenoxy) is 3. The summed E-state index contributed by atoms with van der Waals surface area (Å²) in [5.74, 6) is -0.101. The average Bonchev–Trinajstić information content (AvgIpc) is 3.11. The van der Waals surface area contributed by atoms with Crippen LogP contribution in [0.15, 0.2) is 84.5 Å². The van der Waals surface area contributed by atoms with Crippen molar-refractivity contribution in [2.24, 2.45) is 11.3 Å². The number of hydrogen-bond donors (Lipinski definition) is 0. The first kappa shape index (κ1) is 23.0. The monoisotopic (exact) mass is 420 g/mol. The lowest BCUT2D eigenvalue weighted by Gasteiger charge is -2.29. The third-order valence-electron chi connectivity index (χ3n) is 5.89. The van der Waals surface area contributed by atoms with Crippen LogP contribution in [-0.2, 0) is 32.2 Å². The summed E-state index contributed by atoms with van der Waals surface area (Å²) in [5.41, 5.74) is 3.74. The summed E-state index contributed by atoms with van der Waals surface area (Å²) in [6.45, 7) is 8.23. The van der Waals surface area contributed by atoms with Crippen molar-refractivity contribution in [2.45, 2.75) is 33.0 Å². The van der Waals surface area contributed by atoms with Gasteiger partial charge in [0, 0.05) is 5.41 Å². The first-order chi connectivity index (χ1) is 15.1. The Morgan fingerprint density at radius 2 is 1.52 bits per heavy atom. The maximum absolute atomic E-state index is 12.3. The number of esters is 1. The van der Waals surface area contributed by atoms with Gasteiger partial charge in [0.1, 0.15) is 0 Å². The SMILES string of the molecule is C=C/C(C(=O)OC)=C1/CC(COCc2ccccc2)(COCc2ccccc2)CC1C. The van der Waals surface area contributed by atoms with Gasteiger partial charge >= 0.3 is 5.97 Å². The molecule has 0 N–H and O–H groups in total. The van der Waals surface area contributed by atoms with Crippen LogP contribution in [0.1, 0.15) is 30.9 Å². The Morgan fingerprint density at radius 3 is 1.97 bits per heavy atom. The van der Waals surface area contributed by atoms with Gasteiger partial charge < -0.3 is 14.2 Å². The molecule has 2 aromatic carbocycles. The highest BCUT2D eigenvalue weighted by Gasteiger charge is 2.42. The molecule has 1 unspecified atom stereocenters. The van der Waals surface area contributed by atoms with Gasteiger partial charge in [-0.3, -0.25) is 0 Å². The molecule has 2 aromatic rings. The molecule has 31 heavy (non-hydrogen) atoms. The lowest BCUT2D eigenvalue weighted by atomic mass is 9.87. The molecule has 1 fully saturated rings. The Hall–Kier alpha value is -2.69. The molecule has 3 rings (SSSR count). The van der Waals surface area contributed by atoms with Crippen LogP contribution in [0.4, 0.5) is 0 Å². The molecule has 0 aromatic heterocycles. The maximum atomic E-state index is 12.3. The third-order valence-corrected chi connectivity index (χ3v) is 5.89. The number of methoxy groups -OCH3 is 1. The number of carbonyl (C=O) groups excluding carboxylic acids is 1. The number of benzene rings is 2. The summed E-state index contributed by atoms with van der Waals surface area (Å²) in [6, 6.07) is 20.3. The minimum Gasteiger partial charge on any atom is -0.465 e. The molecule has 0 spiro atoms. The van der Waals surface area contributed by atoms with Gasteiger partial charge in [-0.15, -0.1) is 0 Å². The van der Waals surface area contributed by atoms with E-state index in [0.717, 1.165) is 29.5 Å². The van der Waals surface area contributed by atoms with Crippen LogP contribution >= 0.6 is 0 Å². The summed E-state index contributed by atoms with van der Waals surface area (Å²) < 4.78 is 17.3. The highest BCUT2D eigenvalue weighted by Crippen LogP contribution is 2.47. The van der Waals surface area contributed by atoms with E-state index in [1.807, 2.05) is 36.4 Å². The molecule has 0 saturated heterocycles. The van der Waals surface area contributed by atoms with Gasteiger partial charge in [-0.1, -0.05) is 85.8 Å². The molecule has 4 heteroatoms. The fraction of sp³-hybridized carbons (Fsp3) is 0.370. The predicted molar refractivity (Wildman–Crippen MR) is 122 cm³/mol. The molecule has 164 valence electrons. The summed E-state index contributed by atoms with van der Waals surface area (Å²) in [5, 5.41) is 0. The second-order valence-electron chi connectivity index (χ2n) is 8.37. The molecule has 0 heterocycles. The molecular formula is C27H32O4. The standard InChI is InChI=1S/C27H32O4/c1-4-24(26(28)29-3)25-16-27(15-21(25)2,19-30-17-22-11-7-5-8-12-22)20-31-18-23-13-9-6-10-14-23/h4-14,21H,1,15-20H2,2-3H3/b25-24+. The first-order valence-corrected chi connectivity index (χ1v) is 10.7. The number of hydrogen-bond acceptors (Lipinski definition) is 4. The minimum absolute atomic E-state index is 0.194. The van der Waals surface area contributed by atoms with E-state index in [1.165, 1.54) is 7.11 Å². The summed E-state index contributed by atoms with van der Waals surface area (Å²) >= 11 is 0. The van der Waals surface area contributed by atoms with Gasteiger partial charge in [0.05, 0.1) is 39.1 Å². The van der Waals surface area contributed by atoms with Crippen LogP contribution in [0.25, 0.3) is 0 Å². The zero-order valence-corrected chi connectivity index (χ0v) is 18.5. The summed E-state index contributed by atoms with van der Waals surface area (Å²) in [7, 11) is 1.41. The van der Waals surface area contributed by atoms with E-state index >= 15 is 0 Å². The Labute approximate surface area is 185 Å². The largest absolute Gasteiger partial charge is 0.465 e. The maximum Gasteiger partial charge on any atom is 0.337 e. The molecule has 1 atom stereocenters. The van der Waals surface area contributed by atoms with Gasteiger partial charge in [0.25, 0.3) is 0 Å². The lowest BCUT2D eigenvalue weighted by Crippen LogP contribution is -2.30. The molecule has 1 aliphatic carbocycles. The minimum atomic E-state index is -0.331. The van der Waals surface area contributed by atoms with E-state index < -0.39 is 0 Å². The van der Waals surface area contributed by atoms with Crippen LogP contribution in [0, 0.1) is 11.3 Å². The lowest BCUT2D eigenvalue weighted by molar-refractivity contribution is -0.135. The Bertz CT molecular complexity index is 840. The molecule has 0 aliphatic heterocycles. The fourth-order valence-corrected chi connectivity index (χ4v) is 4.42.